The molecule has 0 saturated carbocycles. The maximum atomic E-state index is 12.7. The number of hydrogen-bond acceptors (Lipinski definition) is 3. The summed E-state index contributed by atoms with van der Waals surface area (Å²) in [4.78, 5) is 17.5. The number of likely N-dealkylation sites (tertiary alicyclic amines) is 2. The number of carbonyl (C=O) groups is 1. The molecule has 3 fully saturated rings. The summed E-state index contributed by atoms with van der Waals surface area (Å²) in [6, 6.07) is 0.102. The molecule has 0 radical (unpaired) electrons. The zero-order chi connectivity index (χ0) is 15.2. The fourth-order valence-electron chi connectivity index (χ4n) is 4.38. The molecule has 1 N–H and O–H groups in total. The van der Waals surface area contributed by atoms with Crippen LogP contribution in [0.2, 0.25) is 0 Å². The Balaban J connectivity index is 1.48. The standard InChI is InChI=1S/C18H33N3O/c22-18(17-9-3-4-10-19-17)21-13-7-8-16(15-21)14-20-11-5-1-2-6-12-20/h16-17,19H,1-15H2/t16?,17-/m1/s1. The molecule has 3 rings (SSSR count). The van der Waals surface area contributed by atoms with Crippen molar-refractivity contribution < 1.29 is 4.79 Å². The summed E-state index contributed by atoms with van der Waals surface area (Å²) in [5.74, 6) is 1.07. The Labute approximate surface area is 135 Å². The molecular weight excluding hydrogens is 274 g/mol. The Bertz CT molecular complexity index is 346. The van der Waals surface area contributed by atoms with E-state index >= 15 is 0 Å². The summed E-state index contributed by atoms with van der Waals surface area (Å²) in [5, 5.41) is 3.42. The number of amides is 1. The summed E-state index contributed by atoms with van der Waals surface area (Å²) in [6.45, 7) is 6.74. The predicted molar refractivity (Wildman–Crippen MR) is 89.9 cm³/mol. The first-order valence-electron chi connectivity index (χ1n) is 9.57. The van der Waals surface area contributed by atoms with Crippen molar-refractivity contribution in [3.8, 4) is 0 Å². The average Bonchev–Trinajstić information content (AvgIpc) is 2.84. The Hall–Kier alpha value is -0.610. The summed E-state index contributed by atoms with van der Waals surface area (Å²) >= 11 is 0. The molecule has 1 amide bonds. The van der Waals surface area contributed by atoms with E-state index in [1.54, 1.807) is 0 Å². The molecule has 3 aliphatic heterocycles. The molecule has 3 heterocycles. The monoisotopic (exact) mass is 307 g/mol. The molecule has 3 aliphatic rings. The minimum absolute atomic E-state index is 0.102. The highest BCUT2D eigenvalue weighted by Gasteiger charge is 2.30. The molecule has 0 aromatic carbocycles. The summed E-state index contributed by atoms with van der Waals surface area (Å²) in [6.07, 6.45) is 11.5. The SMILES string of the molecule is O=C([C@H]1CCCCN1)N1CCCC(CN2CCCCCC2)C1. The normalized spacial score (nSPS) is 31.7. The molecule has 2 atom stereocenters. The molecule has 4 heteroatoms. The van der Waals surface area contributed by atoms with Gasteiger partial charge in [0.05, 0.1) is 6.04 Å². The first-order chi connectivity index (χ1) is 10.8. The average molecular weight is 307 g/mol. The fraction of sp³-hybridized carbons (Fsp3) is 0.944. The first kappa shape index (κ1) is 16.3. The Kier molecular flexibility index (Phi) is 6.13. The lowest BCUT2D eigenvalue weighted by molar-refractivity contribution is -0.136. The van der Waals surface area contributed by atoms with Crippen LogP contribution in [0.4, 0.5) is 0 Å². The number of hydrogen-bond donors (Lipinski definition) is 1. The van der Waals surface area contributed by atoms with Crippen molar-refractivity contribution >= 4 is 5.91 Å². The van der Waals surface area contributed by atoms with Crippen LogP contribution in [0.1, 0.15) is 57.8 Å². The lowest BCUT2D eigenvalue weighted by Gasteiger charge is -2.38. The van der Waals surface area contributed by atoms with Gasteiger partial charge in [0.25, 0.3) is 0 Å². The fourth-order valence-corrected chi connectivity index (χ4v) is 4.38. The van der Waals surface area contributed by atoms with Crippen LogP contribution < -0.4 is 5.32 Å². The van der Waals surface area contributed by atoms with Gasteiger partial charge in [-0.2, -0.15) is 0 Å². The molecular formula is C18H33N3O. The van der Waals surface area contributed by atoms with Gasteiger partial charge in [-0.25, -0.2) is 0 Å². The molecule has 0 aromatic rings. The second kappa shape index (κ2) is 8.30. The molecule has 0 spiro atoms. The predicted octanol–water partition coefficient (Wildman–Crippen LogP) is 2.24. The van der Waals surface area contributed by atoms with Gasteiger partial charge in [0, 0.05) is 19.6 Å². The van der Waals surface area contributed by atoms with Crippen molar-refractivity contribution in [2.45, 2.75) is 63.8 Å². The zero-order valence-electron chi connectivity index (χ0n) is 14.1. The number of nitrogens with one attached hydrogen (secondary N) is 1. The van der Waals surface area contributed by atoms with E-state index in [2.05, 4.69) is 15.1 Å². The second-order valence-corrected chi connectivity index (χ2v) is 7.51. The summed E-state index contributed by atoms with van der Waals surface area (Å²) in [5.41, 5.74) is 0. The van der Waals surface area contributed by atoms with Gasteiger partial charge >= 0.3 is 0 Å². The molecule has 3 saturated heterocycles. The van der Waals surface area contributed by atoms with E-state index in [0.29, 0.717) is 11.8 Å². The number of piperidine rings is 2. The van der Waals surface area contributed by atoms with E-state index in [1.807, 2.05) is 0 Å². The first-order valence-corrected chi connectivity index (χ1v) is 9.57. The molecule has 4 nitrogen and oxygen atoms in total. The van der Waals surface area contributed by atoms with Gasteiger partial charge in [-0.05, 0) is 64.1 Å². The van der Waals surface area contributed by atoms with E-state index in [1.165, 1.54) is 71.0 Å². The van der Waals surface area contributed by atoms with Gasteiger partial charge in [-0.3, -0.25) is 4.79 Å². The van der Waals surface area contributed by atoms with Gasteiger partial charge in [-0.15, -0.1) is 0 Å². The summed E-state index contributed by atoms with van der Waals surface area (Å²) in [7, 11) is 0. The van der Waals surface area contributed by atoms with Crippen LogP contribution in [0.25, 0.3) is 0 Å². The Morgan fingerprint density at radius 1 is 0.909 bits per heavy atom. The molecule has 0 aliphatic carbocycles. The highest BCUT2D eigenvalue weighted by molar-refractivity contribution is 5.82. The van der Waals surface area contributed by atoms with E-state index in [4.69, 9.17) is 0 Å². The molecule has 0 bridgehead atoms. The van der Waals surface area contributed by atoms with Crippen molar-refractivity contribution in [1.82, 2.24) is 15.1 Å². The van der Waals surface area contributed by atoms with Crippen LogP contribution in [0.3, 0.4) is 0 Å². The van der Waals surface area contributed by atoms with Crippen LogP contribution in [0.15, 0.2) is 0 Å². The minimum atomic E-state index is 0.102. The highest BCUT2D eigenvalue weighted by Crippen LogP contribution is 2.21. The van der Waals surface area contributed by atoms with E-state index in [9.17, 15) is 4.79 Å². The van der Waals surface area contributed by atoms with E-state index in [0.717, 1.165) is 26.1 Å². The molecule has 1 unspecified atom stereocenters. The van der Waals surface area contributed by atoms with Crippen LogP contribution >= 0.6 is 0 Å². The Morgan fingerprint density at radius 3 is 2.45 bits per heavy atom. The van der Waals surface area contributed by atoms with E-state index in [-0.39, 0.29) is 6.04 Å². The minimum Gasteiger partial charge on any atom is -0.341 e. The smallest absolute Gasteiger partial charge is 0.239 e. The van der Waals surface area contributed by atoms with Gasteiger partial charge in [0.2, 0.25) is 5.91 Å². The van der Waals surface area contributed by atoms with Crippen molar-refractivity contribution in [3.05, 3.63) is 0 Å². The largest absolute Gasteiger partial charge is 0.341 e. The maximum absolute atomic E-state index is 12.7. The van der Waals surface area contributed by atoms with Gasteiger partial charge < -0.3 is 15.1 Å². The molecule has 126 valence electrons. The number of nitrogens with zero attached hydrogens (tertiary/aromatic N) is 2. The Morgan fingerprint density at radius 2 is 1.73 bits per heavy atom. The lowest BCUT2D eigenvalue weighted by Crippen LogP contribution is -2.52. The van der Waals surface area contributed by atoms with Gasteiger partial charge in [-0.1, -0.05) is 19.3 Å². The maximum Gasteiger partial charge on any atom is 0.239 e. The highest BCUT2D eigenvalue weighted by atomic mass is 16.2. The van der Waals surface area contributed by atoms with Crippen LogP contribution in [-0.2, 0) is 4.79 Å². The number of rotatable bonds is 3. The summed E-state index contributed by atoms with van der Waals surface area (Å²) < 4.78 is 0. The van der Waals surface area contributed by atoms with Crippen LogP contribution in [-0.4, -0.2) is 61.0 Å². The van der Waals surface area contributed by atoms with Crippen molar-refractivity contribution in [2.75, 3.05) is 39.3 Å². The third-order valence-corrected chi connectivity index (χ3v) is 5.65. The van der Waals surface area contributed by atoms with Gasteiger partial charge in [0.15, 0.2) is 0 Å². The van der Waals surface area contributed by atoms with Crippen LogP contribution in [0.5, 0.6) is 0 Å². The van der Waals surface area contributed by atoms with Crippen molar-refractivity contribution in [1.29, 1.82) is 0 Å². The van der Waals surface area contributed by atoms with E-state index < -0.39 is 0 Å². The van der Waals surface area contributed by atoms with Gasteiger partial charge in [0.1, 0.15) is 0 Å². The third-order valence-electron chi connectivity index (χ3n) is 5.65. The van der Waals surface area contributed by atoms with Crippen molar-refractivity contribution in [2.24, 2.45) is 5.92 Å². The van der Waals surface area contributed by atoms with Crippen LogP contribution in [0, 0.1) is 5.92 Å². The van der Waals surface area contributed by atoms with Crippen molar-refractivity contribution in [3.63, 3.8) is 0 Å². The quantitative estimate of drug-likeness (QED) is 0.868. The molecule has 22 heavy (non-hydrogen) atoms. The second-order valence-electron chi connectivity index (χ2n) is 7.51. The molecule has 0 aromatic heterocycles. The zero-order valence-corrected chi connectivity index (χ0v) is 14.1. The lowest BCUT2D eigenvalue weighted by atomic mass is 9.95. The topological polar surface area (TPSA) is 35.6 Å². The number of carbonyl (C=O) groups excluding carboxylic acids is 1. The third kappa shape index (κ3) is 4.45.